The third-order valence-electron chi connectivity index (χ3n) is 3.37. The molecule has 0 saturated heterocycles. The number of aromatic hydroxyl groups is 1. The van der Waals surface area contributed by atoms with E-state index in [0.29, 0.717) is 10.9 Å². The summed E-state index contributed by atoms with van der Waals surface area (Å²) in [4.78, 5) is 15.0. The van der Waals surface area contributed by atoms with E-state index < -0.39 is 21.7 Å². The first-order chi connectivity index (χ1) is 11.4. The molecule has 122 valence electrons. The second kappa shape index (κ2) is 5.82. The van der Waals surface area contributed by atoms with Gasteiger partial charge in [-0.2, -0.15) is 0 Å². The minimum absolute atomic E-state index is 0.0117. The number of nitrogens with one attached hydrogen (secondary N) is 1. The maximum absolute atomic E-state index is 12.6. The van der Waals surface area contributed by atoms with Crippen molar-refractivity contribution in [3.63, 3.8) is 0 Å². The molecule has 3 aromatic rings. The number of para-hydroxylation sites is 1. The summed E-state index contributed by atoms with van der Waals surface area (Å²) in [7, 11) is -3.96. The van der Waals surface area contributed by atoms with Gasteiger partial charge in [-0.25, -0.2) is 13.2 Å². The van der Waals surface area contributed by atoms with Crippen LogP contribution in [-0.4, -0.2) is 29.6 Å². The van der Waals surface area contributed by atoms with Gasteiger partial charge in [-0.3, -0.25) is 9.71 Å². The number of rotatable bonds is 4. The summed E-state index contributed by atoms with van der Waals surface area (Å²) >= 11 is 0. The van der Waals surface area contributed by atoms with Gasteiger partial charge in [0.25, 0.3) is 10.0 Å². The topological polar surface area (TPSA) is 117 Å². The van der Waals surface area contributed by atoms with Crippen molar-refractivity contribution >= 4 is 32.6 Å². The van der Waals surface area contributed by atoms with Gasteiger partial charge in [0.05, 0.1) is 11.2 Å². The minimum Gasteiger partial charge on any atom is -0.507 e. The monoisotopic (exact) mass is 344 g/mol. The van der Waals surface area contributed by atoms with Gasteiger partial charge in [0.1, 0.15) is 16.2 Å². The first-order valence-corrected chi connectivity index (χ1v) is 8.30. The Morgan fingerprint density at radius 2 is 1.83 bits per heavy atom. The Bertz CT molecular complexity index is 1040. The van der Waals surface area contributed by atoms with E-state index in [-0.39, 0.29) is 16.1 Å². The molecule has 0 aliphatic carbocycles. The smallest absolute Gasteiger partial charge is 0.339 e. The average molecular weight is 344 g/mol. The van der Waals surface area contributed by atoms with E-state index in [1.54, 1.807) is 24.3 Å². The molecule has 0 radical (unpaired) electrons. The predicted octanol–water partition coefficient (Wildman–Crippen LogP) is 2.44. The van der Waals surface area contributed by atoms with Crippen LogP contribution in [0.15, 0.2) is 59.6 Å². The van der Waals surface area contributed by atoms with Gasteiger partial charge in [0.15, 0.2) is 0 Å². The van der Waals surface area contributed by atoms with Crippen molar-refractivity contribution in [2.45, 2.75) is 4.90 Å². The third-order valence-corrected chi connectivity index (χ3v) is 4.78. The van der Waals surface area contributed by atoms with Crippen molar-refractivity contribution in [2.24, 2.45) is 0 Å². The zero-order valence-electron chi connectivity index (χ0n) is 12.2. The van der Waals surface area contributed by atoms with Gasteiger partial charge in [0, 0.05) is 17.6 Å². The van der Waals surface area contributed by atoms with E-state index in [1.807, 2.05) is 0 Å². The van der Waals surface area contributed by atoms with Crippen molar-refractivity contribution in [3.05, 3.63) is 60.3 Å². The highest BCUT2D eigenvalue weighted by molar-refractivity contribution is 7.93. The Labute approximate surface area is 137 Å². The summed E-state index contributed by atoms with van der Waals surface area (Å²) in [5.74, 6) is -1.83. The van der Waals surface area contributed by atoms with Crippen LogP contribution in [0.3, 0.4) is 0 Å². The molecular weight excluding hydrogens is 332 g/mol. The molecule has 1 aromatic heterocycles. The molecule has 0 bridgehead atoms. The fourth-order valence-electron chi connectivity index (χ4n) is 2.28. The molecule has 0 aliphatic heterocycles. The number of carbonyl (C=O) groups is 1. The van der Waals surface area contributed by atoms with Gasteiger partial charge in [-0.1, -0.05) is 18.2 Å². The summed E-state index contributed by atoms with van der Waals surface area (Å²) in [6, 6.07) is 11.6. The second-order valence-corrected chi connectivity index (χ2v) is 6.62. The molecule has 3 N–H and O–H groups in total. The molecule has 8 heteroatoms. The van der Waals surface area contributed by atoms with Crippen LogP contribution >= 0.6 is 0 Å². The summed E-state index contributed by atoms with van der Waals surface area (Å²) < 4.78 is 27.5. The number of carboxylic acid groups (broad SMARTS) is 1. The maximum atomic E-state index is 12.6. The van der Waals surface area contributed by atoms with Crippen molar-refractivity contribution < 1.29 is 23.4 Å². The third kappa shape index (κ3) is 2.86. The summed E-state index contributed by atoms with van der Waals surface area (Å²) in [6.45, 7) is 0. The number of fused-ring (bicyclic) bond motifs is 1. The van der Waals surface area contributed by atoms with Gasteiger partial charge >= 0.3 is 5.97 Å². The number of phenols is 1. The van der Waals surface area contributed by atoms with Gasteiger partial charge < -0.3 is 10.2 Å². The van der Waals surface area contributed by atoms with Crippen molar-refractivity contribution in [1.29, 1.82) is 0 Å². The zero-order chi connectivity index (χ0) is 17.3. The van der Waals surface area contributed by atoms with Crippen LogP contribution in [0.25, 0.3) is 10.9 Å². The largest absolute Gasteiger partial charge is 0.507 e. The van der Waals surface area contributed by atoms with Crippen LogP contribution in [0.5, 0.6) is 5.75 Å². The molecule has 0 atom stereocenters. The van der Waals surface area contributed by atoms with Crippen LogP contribution in [0.4, 0.5) is 5.69 Å². The lowest BCUT2D eigenvalue weighted by molar-refractivity contribution is 0.0694. The van der Waals surface area contributed by atoms with Crippen LogP contribution in [0.2, 0.25) is 0 Å². The molecule has 0 aliphatic rings. The second-order valence-electron chi connectivity index (χ2n) is 4.97. The predicted molar refractivity (Wildman–Crippen MR) is 87.6 cm³/mol. The fourth-order valence-corrected chi connectivity index (χ4v) is 3.51. The summed E-state index contributed by atoms with van der Waals surface area (Å²) in [5, 5.41) is 19.2. The number of benzene rings is 2. The van der Waals surface area contributed by atoms with Crippen molar-refractivity contribution in [2.75, 3.05) is 4.72 Å². The van der Waals surface area contributed by atoms with Crippen LogP contribution in [0.1, 0.15) is 10.4 Å². The summed E-state index contributed by atoms with van der Waals surface area (Å²) in [5.41, 5.74) is 0.0501. The quantitative estimate of drug-likeness (QED) is 0.669. The number of aromatic carboxylic acids is 1. The highest BCUT2D eigenvalue weighted by atomic mass is 32.2. The number of hydrogen-bond acceptors (Lipinski definition) is 5. The SMILES string of the molecule is O=C(O)c1ccc(NS(=O)(=O)c2cccc3cccnc23)cc1O. The number of aromatic nitrogens is 1. The first kappa shape index (κ1) is 15.8. The van der Waals surface area contributed by atoms with E-state index in [1.165, 1.54) is 18.3 Å². The van der Waals surface area contributed by atoms with Gasteiger partial charge in [-0.05, 0) is 24.3 Å². The Kier molecular flexibility index (Phi) is 3.82. The molecule has 0 amide bonds. The Morgan fingerprint density at radius 3 is 2.54 bits per heavy atom. The number of anilines is 1. The molecule has 7 nitrogen and oxygen atoms in total. The van der Waals surface area contributed by atoms with Crippen molar-refractivity contribution in [3.8, 4) is 5.75 Å². The zero-order valence-corrected chi connectivity index (χ0v) is 13.0. The molecule has 0 saturated carbocycles. The lowest BCUT2D eigenvalue weighted by Crippen LogP contribution is -2.14. The molecule has 1 heterocycles. The lowest BCUT2D eigenvalue weighted by Gasteiger charge is -2.11. The first-order valence-electron chi connectivity index (χ1n) is 6.81. The number of nitrogens with zero attached hydrogens (tertiary/aromatic N) is 1. The molecule has 0 spiro atoms. The molecule has 2 aromatic carbocycles. The molecule has 3 rings (SSSR count). The minimum atomic E-state index is -3.96. The lowest BCUT2D eigenvalue weighted by atomic mass is 10.2. The van der Waals surface area contributed by atoms with Crippen LogP contribution in [-0.2, 0) is 10.0 Å². The molecular formula is C16H12N2O5S. The Balaban J connectivity index is 2.02. The van der Waals surface area contributed by atoms with Gasteiger partial charge in [0.2, 0.25) is 0 Å². The maximum Gasteiger partial charge on any atom is 0.339 e. The summed E-state index contributed by atoms with van der Waals surface area (Å²) in [6.07, 6.45) is 1.49. The van der Waals surface area contributed by atoms with Gasteiger partial charge in [-0.15, -0.1) is 0 Å². The van der Waals surface area contributed by atoms with E-state index in [4.69, 9.17) is 5.11 Å². The molecule has 24 heavy (non-hydrogen) atoms. The standard InChI is InChI=1S/C16H12N2O5S/c19-13-9-11(6-7-12(13)16(20)21)18-24(22,23)14-5-1-3-10-4-2-8-17-15(10)14/h1-9,18-19H,(H,20,21). The Hall–Kier alpha value is -3.13. The number of hydrogen-bond donors (Lipinski definition) is 3. The van der Waals surface area contributed by atoms with E-state index in [2.05, 4.69) is 9.71 Å². The van der Waals surface area contributed by atoms with E-state index in [9.17, 15) is 18.3 Å². The van der Waals surface area contributed by atoms with Crippen LogP contribution in [0, 0.1) is 0 Å². The highest BCUT2D eigenvalue weighted by Crippen LogP contribution is 2.26. The van der Waals surface area contributed by atoms with Crippen molar-refractivity contribution in [1.82, 2.24) is 4.98 Å². The Morgan fingerprint density at radius 1 is 1.08 bits per heavy atom. The molecule has 0 fully saturated rings. The van der Waals surface area contributed by atoms with E-state index in [0.717, 1.165) is 12.1 Å². The normalized spacial score (nSPS) is 11.3. The highest BCUT2D eigenvalue weighted by Gasteiger charge is 2.19. The number of carboxylic acids is 1. The fraction of sp³-hybridized carbons (Fsp3) is 0. The van der Waals surface area contributed by atoms with Crippen LogP contribution < -0.4 is 4.72 Å². The number of sulfonamides is 1. The number of pyridine rings is 1. The average Bonchev–Trinajstić information content (AvgIpc) is 2.53. The molecule has 0 unspecified atom stereocenters. The van der Waals surface area contributed by atoms with E-state index >= 15 is 0 Å².